The topological polar surface area (TPSA) is 138 Å². The minimum atomic E-state index is -0.768. The first-order chi connectivity index (χ1) is 20.5. The van der Waals surface area contributed by atoms with E-state index >= 15 is 0 Å². The molecule has 220 valence electrons. The molecule has 0 radical (unpaired) electrons. The summed E-state index contributed by atoms with van der Waals surface area (Å²) in [4.78, 5) is 17.4. The van der Waals surface area contributed by atoms with Crippen molar-refractivity contribution in [3.05, 3.63) is 63.8 Å². The lowest BCUT2D eigenvalue weighted by atomic mass is 9.66. The number of fused-ring (bicyclic) bond motifs is 1. The number of nitrogens with one attached hydrogen (secondary N) is 3. The van der Waals surface area contributed by atoms with Crippen LogP contribution in [0.3, 0.4) is 0 Å². The third-order valence-electron chi connectivity index (χ3n) is 9.45. The molecular formula is C31H38FN9O. The third kappa shape index (κ3) is 5.24. The summed E-state index contributed by atoms with van der Waals surface area (Å²) < 4.78 is 14.6. The minimum Gasteiger partial charge on any atom is -0.343 e. The van der Waals surface area contributed by atoms with Gasteiger partial charge in [-0.25, -0.2) is 4.39 Å². The van der Waals surface area contributed by atoms with Crippen molar-refractivity contribution in [2.75, 3.05) is 32.7 Å². The van der Waals surface area contributed by atoms with E-state index in [1.807, 2.05) is 15.9 Å². The van der Waals surface area contributed by atoms with Gasteiger partial charge in [-0.3, -0.25) is 10.2 Å². The zero-order valence-corrected chi connectivity index (χ0v) is 24.0. The van der Waals surface area contributed by atoms with E-state index in [4.69, 9.17) is 5.41 Å². The first-order valence-electron chi connectivity index (χ1n) is 15.2. The van der Waals surface area contributed by atoms with Crippen molar-refractivity contribution in [1.29, 1.82) is 10.7 Å². The molecule has 1 aromatic carbocycles. The average Bonchev–Trinajstić information content (AvgIpc) is 3.72. The predicted molar refractivity (Wildman–Crippen MR) is 155 cm³/mol. The summed E-state index contributed by atoms with van der Waals surface area (Å²) in [5.41, 5.74) is 4.22. The van der Waals surface area contributed by atoms with E-state index in [-0.39, 0.29) is 17.8 Å². The Morgan fingerprint density at radius 2 is 2.02 bits per heavy atom. The number of aromatic amines is 1. The van der Waals surface area contributed by atoms with Crippen LogP contribution in [0, 0.1) is 22.6 Å². The van der Waals surface area contributed by atoms with Crippen LogP contribution in [0.1, 0.15) is 74.7 Å². The van der Waals surface area contributed by atoms with Gasteiger partial charge in [0.15, 0.2) is 5.82 Å². The summed E-state index contributed by atoms with van der Waals surface area (Å²) in [5.74, 6) is 0.802. The summed E-state index contributed by atoms with van der Waals surface area (Å²) in [6, 6.07) is 7.05. The molecule has 11 heteroatoms. The number of nitrogens with zero attached hydrogens (tertiary/aromatic N) is 6. The van der Waals surface area contributed by atoms with E-state index in [1.54, 1.807) is 6.07 Å². The summed E-state index contributed by atoms with van der Waals surface area (Å²) in [6.45, 7) is 3.24. The number of benzene rings is 1. The van der Waals surface area contributed by atoms with Crippen LogP contribution in [0.2, 0.25) is 0 Å². The average molecular weight is 572 g/mol. The Morgan fingerprint density at radius 1 is 1.17 bits per heavy atom. The van der Waals surface area contributed by atoms with E-state index in [1.165, 1.54) is 12.5 Å². The van der Waals surface area contributed by atoms with Crippen molar-refractivity contribution >= 4 is 11.7 Å². The molecule has 2 atom stereocenters. The lowest BCUT2D eigenvalue weighted by Crippen LogP contribution is -2.42. The van der Waals surface area contributed by atoms with Crippen LogP contribution in [0.5, 0.6) is 0 Å². The number of carbonyl (C=O) groups is 1. The van der Waals surface area contributed by atoms with Crippen molar-refractivity contribution in [2.24, 2.45) is 0 Å². The van der Waals surface area contributed by atoms with Gasteiger partial charge < -0.3 is 15.1 Å². The molecule has 10 nitrogen and oxygen atoms in total. The zero-order chi connectivity index (χ0) is 29.1. The third-order valence-corrected chi connectivity index (χ3v) is 9.45. The number of piperidine rings is 1. The number of carbonyl (C=O) groups excluding carboxylic acids is 1. The summed E-state index contributed by atoms with van der Waals surface area (Å²) in [5, 5.41) is 37.0. The number of hydrogen-bond acceptors (Lipinski definition) is 7. The number of nitriles is 1. The first kappa shape index (κ1) is 28.2. The zero-order valence-electron chi connectivity index (χ0n) is 24.0. The molecular weight excluding hydrogens is 533 g/mol. The normalized spacial score (nSPS) is 24.0. The highest BCUT2D eigenvalue weighted by molar-refractivity contribution is 5.94. The highest BCUT2D eigenvalue weighted by Crippen LogP contribution is 2.50. The van der Waals surface area contributed by atoms with Crippen molar-refractivity contribution in [3.63, 3.8) is 0 Å². The molecule has 6 rings (SSSR count). The van der Waals surface area contributed by atoms with Crippen LogP contribution in [0.15, 0.2) is 41.0 Å². The van der Waals surface area contributed by atoms with Gasteiger partial charge in [0.25, 0.3) is 0 Å². The Morgan fingerprint density at radius 3 is 2.81 bits per heavy atom. The number of rotatable bonds is 7. The second-order valence-corrected chi connectivity index (χ2v) is 11.8. The highest BCUT2D eigenvalue weighted by atomic mass is 19.1. The Bertz CT molecular complexity index is 1440. The van der Waals surface area contributed by atoms with Gasteiger partial charge in [0, 0.05) is 25.2 Å². The van der Waals surface area contributed by atoms with E-state index < -0.39 is 5.41 Å². The molecule has 2 fully saturated rings. The number of tetrazole rings is 1. The van der Waals surface area contributed by atoms with Crippen LogP contribution in [-0.2, 0) is 16.6 Å². The first-order valence-corrected chi connectivity index (χ1v) is 15.2. The van der Waals surface area contributed by atoms with Crippen LogP contribution < -0.4 is 5.32 Å². The van der Waals surface area contributed by atoms with Gasteiger partial charge in [-0.2, -0.15) is 10.5 Å². The molecule has 2 unspecified atom stereocenters. The van der Waals surface area contributed by atoms with Gasteiger partial charge >= 0.3 is 0 Å². The fourth-order valence-corrected chi connectivity index (χ4v) is 7.39. The number of allylic oxidation sites excluding steroid dienone is 3. The lowest BCUT2D eigenvalue weighted by Gasteiger charge is -2.38. The summed E-state index contributed by atoms with van der Waals surface area (Å²) in [7, 11) is 0. The lowest BCUT2D eigenvalue weighted by molar-refractivity contribution is -0.128. The Balaban J connectivity index is 1.34. The molecule has 2 saturated heterocycles. The van der Waals surface area contributed by atoms with Gasteiger partial charge in [0.05, 0.1) is 18.0 Å². The van der Waals surface area contributed by atoms with Crippen LogP contribution >= 0.6 is 0 Å². The molecule has 2 aliphatic carbocycles. The summed E-state index contributed by atoms with van der Waals surface area (Å²) >= 11 is 0. The smallest absolute Gasteiger partial charge is 0.249 e. The molecule has 3 N–H and O–H groups in total. The molecule has 0 saturated carbocycles. The largest absolute Gasteiger partial charge is 0.343 e. The Hall–Kier alpha value is -3.91. The molecule has 2 aliphatic heterocycles. The van der Waals surface area contributed by atoms with Gasteiger partial charge in [-0.05, 0) is 105 Å². The molecule has 4 aliphatic rings. The second-order valence-electron chi connectivity index (χ2n) is 11.8. The maximum atomic E-state index is 14.6. The van der Waals surface area contributed by atoms with Crippen LogP contribution in [0.25, 0.3) is 0 Å². The molecule has 1 aromatic heterocycles. The molecule has 2 aromatic rings. The number of halogens is 1. The van der Waals surface area contributed by atoms with E-state index in [0.717, 1.165) is 73.2 Å². The minimum absolute atomic E-state index is 0.136. The number of hydrogen-bond donors (Lipinski definition) is 3. The number of H-pyrrole nitrogens is 1. The quantitative estimate of drug-likeness (QED) is 0.263. The second kappa shape index (κ2) is 12.1. The van der Waals surface area contributed by atoms with Crippen molar-refractivity contribution in [2.45, 2.75) is 75.7 Å². The van der Waals surface area contributed by atoms with Crippen molar-refractivity contribution in [3.8, 4) is 6.07 Å². The van der Waals surface area contributed by atoms with E-state index in [2.05, 4.69) is 38.1 Å². The predicted octanol–water partition coefficient (Wildman–Crippen LogP) is 3.55. The maximum absolute atomic E-state index is 14.6. The summed E-state index contributed by atoms with van der Waals surface area (Å²) in [6.07, 6.45) is 10.3. The highest BCUT2D eigenvalue weighted by Gasteiger charge is 2.46. The van der Waals surface area contributed by atoms with Crippen LogP contribution in [0.4, 0.5) is 4.39 Å². The monoisotopic (exact) mass is 571 g/mol. The van der Waals surface area contributed by atoms with Crippen LogP contribution in [-0.4, -0.2) is 80.9 Å². The Labute approximate surface area is 245 Å². The number of aromatic nitrogens is 4. The maximum Gasteiger partial charge on any atom is 0.249 e. The van der Waals surface area contributed by atoms with E-state index in [0.29, 0.717) is 56.9 Å². The van der Waals surface area contributed by atoms with Gasteiger partial charge in [-0.15, -0.1) is 10.2 Å². The number of amides is 1. The molecule has 1 amide bonds. The number of aryl methyl sites for hydroxylation is 1. The molecule has 0 spiro atoms. The fourth-order valence-electron chi connectivity index (χ4n) is 7.39. The SMILES string of the molecule is N#CC1CCCN1C(=N)CNCCC1(c2nn[nH]n2)C2=C(C=C(C(=O)N3CCCCC3)CC2)CCc2cc(F)ccc21. The molecule has 0 bridgehead atoms. The van der Waals surface area contributed by atoms with Crippen molar-refractivity contribution in [1.82, 2.24) is 35.7 Å². The number of amidine groups is 1. The molecule has 3 heterocycles. The fraction of sp³-hybridized carbons (Fsp3) is 0.548. The molecule has 42 heavy (non-hydrogen) atoms. The number of likely N-dealkylation sites (tertiary alicyclic amines) is 2. The van der Waals surface area contributed by atoms with Gasteiger partial charge in [0.2, 0.25) is 5.91 Å². The van der Waals surface area contributed by atoms with Gasteiger partial charge in [0.1, 0.15) is 17.7 Å². The van der Waals surface area contributed by atoms with Crippen molar-refractivity contribution < 1.29 is 9.18 Å². The standard InChI is InChI=1S/C31H38FN9O/c32-24-9-11-27-22(18-24)7-6-21-17-23(29(42)40-14-2-1-3-15-40)8-10-26(21)31(27,30-36-38-39-37-30)12-13-35-20-28(34)41-16-4-5-25(41)19-33/h9,11,17-18,25,34-35H,1-8,10,12-16,20H2,(H,36,37,38,39). The van der Waals surface area contributed by atoms with E-state index in [9.17, 15) is 14.4 Å². The Kier molecular flexibility index (Phi) is 8.16. The van der Waals surface area contributed by atoms with Gasteiger partial charge in [-0.1, -0.05) is 17.4 Å².